The Kier molecular flexibility index (Phi) is 6.30. The van der Waals surface area contributed by atoms with Crippen LogP contribution in [0.25, 0.3) is 27.6 Å². The number of hydrogen-bond acceptors (Lipinski definition) is 3. The zero-order valence-electron chi connectivity index (χ0n) is 22.3. The number of rotatable bonds is 5. The maximum absolute atomic E-state index is 13.9. The van der Waals surface area contributed by atoms with E-state index in [0.29, 0.717) is 30.9 Å². The average molecular weight is 548 g/mol. The standard InChI is InChI=1S/C33H27F2N5O/c34-24-7-3-6-22(18-24)21-39-31-12-2-1-11-29(31)37-32(39)23-14-16-38(17-15-23)33(41)27-10-5-13-30-28(27)20-36-40(30)26-9-4-8-25(35)19-26/h1-13,18-20,23H,14-17,21H2. The van der Waals surface area contributed by atoms with Gasteiger partial charge in [0.15, 0.2) is 0 Å². The molecule has 1 aliphatic rings. The van der Waals surface area contributed by atoms with E-state index in [-0.39, 0.29) is 23.5 Å². The molecule has 0 atom stereocenters. The Balaban J connectivity index is 1.13. The topological polar surface area (TPSA) is 56.0 Å². The lowest BCUT2D eigenvalue weighted by molar-refractivity contribution is 0.0712. The van der Waals surface area contributed by atoms with Gasteiger partial charge in [-0.05, 0) is 73.0 Å². The molecule has 204 valence electrons. The summed E-state index contributed by atoms with van der Waals surface area (Å²) in [6.45, 7) is 1.73. The van der Waals surface area contributed by atoms with E-state index in [1.54, 1.807) is 35.1 Å². The fourth-order valence-corrected chi connectivity index (χ4v) is 5.95. The molecule has 1 amide bonds. The molecule has 0 N–H and O–H groups in total. The van der Waals surface area contributed by atoms with E-state index in [0.717, 1.165) is 46.2 Å². The van der Waals surface area contributed by atoms with Crippen LogP contribution in [-0.4, -0.2) is 43.2 Å². The van der Waals surface area contributed by atoms with Crippen molar-refractivity contribution in [3.63, 3.8) is 0 Å². The van der Waals surface area contributed by atoms with Crippen LogP contribution in [0.5, 0.6) is 0 Å². The molecule has 1 saturated heterocycles. The second-order valence-corrected chi connectivity index (χ2v) is 10.5. The van der Waals surface area contributed by atoms with Crippen LogP contribution in [0.2, 0.25) is 0 Å². The Labute approximate surface area is 235 Å². The molecule has 0 unspecified atom stereocenters. The average Bonchev–Trinajstić information content (AvgIpc) is 3.59. The van der Waals surface area contributed by atoms with Crippen LogP contribution in [0.3, 0.4) is 0 Å². The van der Waals surface area contributed by atoms with Crippen molar-refractivity contribution in [1.82, 2.24) is 24.2 Å². The molecule has 0 bridgehead atoms. The fourth-order valence-electron chi connectivity index (χ4n) is 5.95. The number of carbonyl (C=O) groups is 1. The summed E-state index contributed by atoms with van der Waals surface area (Å²) in [5.41, 5.74) is 4.76. The number of aromatic nitrogens is 4. The van der Waals surface area contributed by atoms with Crippen molar-refractivity contribution in [3.8, 4) is 5.69 Å². The molecular weight excluding hydrogens is 520 g/mol. The molecule has 7 rings (SSSR count). The molecule has 0 saturated carbocycles. The summed E-state index contributed by atoms with van der Waals surface area (Å²) in [4.78, 5) is 20.6. The number of amides is 1. The Morgan fingerprint density at radius 3 is 2.37 bits per heavy atom. The van der Waals surface area contributed by atoms with Crippen LogP contribution in [0.4, 0.5) is 8.78 Å². The van der Waals surface area contributed by atoms with E-state index in [2.05, 4.69) is 15.7 Å². The van der Waals surface area contributed by atoms with E-state index in [4.69, 9.17) is 4.98 Å². The number of nitrogens with zero attached hydrogens (tertiary/aromatic N) is 5. The summed E-state index contributed by atoms with van der Waals surface area (Å²) < 4.78 is 31.6. The van der Waals surface area contributed by atoms with Gasteiger partial charge in [-0.1, -0.05) is 36.4 Å². The van der Waals surface area contributed by atoms with Crippen molar-refractivity contribution < 1.29 is 13.6 Å². The molecule has 1 aliphatic heterocycles. The molecule has 1 fully saturated rings. The van der Waals surface area contributed by atoms with Gasteiger partial charge in [-0.25, -0.2) is 18.4 Å². The number of halogens is 2. The number of hydrogen-bond donors (Lipinski definition) is 0. The molecular formula is C33H27F2N5O. The number of likely N-dealkylation sites (tertiary alicyclic amines) is 1. The first-order valence-corrected chi connectivity index (χ1v) is 13.8. The number of piperidine rings is 1. The van der Waals surface area contributed by atoms with Crippen molar-refractivity contribution in [2.45, 2.75) is 25.3 Å². The minimum Gasteiger partial charge on any atom is -0.339 e. The quantitative estimate of drug-likeness (QED) is 0.241. The van der Waals surface area contributed by atoms with Crippen molar-refractivity contribution in [2.24, 2.45) is 0 Å². The highest BCUT2D eigenvalue weighted by molar-refractivity contribution is 6.06. The summed E-state index contributed by atoms with van der Waals surface area (Å²) >= 11 is 0. The van der Waals surface area contributed by atoms with E-state index < -0.39 is 0 Å². The Morgan fingerprint density at radius 2 is 1.56 bits per heavy atom. The number of carbonyl (C=O) groups excluding carboxylic acids is 1. The van der Waals surface area contributed by atoms with Crippen molar-refractivity contribution in [1.29, 1.82) is 0 Å². The van der Waals surface area contributed by atoms with Gasteiger partial charge in [0.05, 0.1) is 34.0 Å². The fraction of sp³-hybridized carbons (Fsp3) is 0.182. The molecule has 4 aromatic carbocycles. The summed E-state index contributed by atoms with van der Waals surface area (Å²) in [5, 5.41) is 5.20. The van der Waals surface area contributed by atoms with Crippen LogP contribution in [0, 0.1) is 11.6 Å². The largest absolute Gasteiger partial charge is 0.339 e. The van der Waals surface area contributed by atoms with Crippen molar-refractivity contribution >= 4 is 27.8 Å². The minimum atomic E-state index is -0.342. The number of imidazole rings is 1. The van der Waals surface area contributed by atoms with Crippen LogP contribution in [0.1, 0.15) is 40.5 Å². The third-order valence-corrected chi connectivity index (χ3v) is 7.96. The van der Waals surface area contributed by atoms with E-state index >= 15 is 0 Å². The molecule has 0 radical (unpaired) electrons. The van der Waals surface area contributed by atoms with Gasteiger partial charge < -0.3 is 9.47 Å². The predicted molar refractivity (Wildman–Crippen MR) is 154 cm³/mol. The second kappa shape index (κ2) is 10.3. The first-order chi connectivity index (χ1) is 20.0. The van der Waals surface area contributed by atoms with Crippen LogP contribution >= 0.6 is 0 Å². The first kappa shape index (κ1) is 25.1. The zero-order valence-corrected chi connectivity index (χ0v) is 22.3. The third kappa shape index (κ3) is 4.65. The number of fused-ring (bicyclic) bond motifs is 2. The Morgan fingerprint density at radius 1 is 0.829 bits per heavy atom. The highest BCUT2D eigenvalue weighted by Crippen LogP contribution is 2.32. The lowest BCUT2D eigenvalue weighted by atomic mass is 9.95. The van der Waals surface area contributed by atoms with Gasteiger partial charge >= 0.3 is 0 Å². The van der Waals surface area contributed by atoms with Gasteiger partial charge in [-0.15, -0.1) is 0 Å². The van der Waals surface area contributed by atoms with Crippen molar-refractivity contribution in [2.75, 3.05) is 13.1 Å². The molecule has 41 heavy (non-hydrogen) atoms. The van der Waals surface area contributed by atoms with Gasteiger partial charge in [0, 0.05) is 30.9 Å². The molecule has 0 aliphatic carbocycles. The first-order valence-electron chi connectivity index (χ1n) is 13.8. The normalized spacial score (nSPS) is 14.2. The smallest absolute Gasteiger partial charge is 0.254 e. The second-order valence-electron chi connectivity index (χ2n) is 10.5. The van der Waals surface area contributed by atoms with E-state index in [9.17, 15) is 13.6 Å². The van der Waals surface area contributed by atoms with Crippen LogP contribution < -0.4 is 0 Å². The monoisotopic (exact) mass is 547 g/mol. The van der Waals surface area contributed by atoms with Crippen molar-refractivity contribution in [3.05, 3.63) is 126 Å². The number of para-hydroxylation sites is 2. The molecule has 2 aromatic heterocycles. The minimum absolute atomic E-state index is 0.0406. The molecule has 0 spiro atoms. The SMILES string of the molecule is O=C(c1cccc2c1cnn2-c1cccc(F)c1)N1CCC(c2nc3ccccc3n2Cc2cccc(F)c2)CC1. The summed E-state index contributed by atoms with van der Waals surface area (Å²) in [5.74, 6) is 0.510. The molecule has 6 nitrogen and oxygen atoms in total. The molecule has 8 heteroatoms. The van der Waals surface area contributed by atoms with Crippen LogP contribution in [-0.2, 0) is 6.54 Å². The zero-order chi connectivity index (χ0) is 27.9. The van der Waals surface area contributed by atoms with E-state index in [1.807, 2.05) is 47.4 Å². The summed E-state index contributed by atoms with van der Waals surface area (Å²) in [6.07, 6.45) is 3.22. The maximum atomic E-state index is 13.9. The molecule has 6 aromatic rings. The third-order valence-electron chi connectivity index (χ3n) is 7.96. The van der Waals surface area contributed by atoms with Gasteiger partial charge in [-0.3, -0.25) is 4.79 Å². The van der Waals surface area contributed by atoms with Gasteiger partial charge in [0.25, 0.3) is 5.91 Å². The summed E-state index contributed by atoms with van der Waals surface area (Å²) in [6, 6.07) is 26.5. The highest BCUT2D eigenvalue weighted by Gasteiger charge is 2.29. The van der Waals surface area contributed by atoms with Gasteiger partial charge in [-0.2, -0.15) is 5.10 Å². The Hall–Kier alpha value is -4.85. The Bertz CT molecular complexity index is 1900. The highest BCUT2D eigenvalue weighted by atomic mass is 19.1. The lowest BCUT2D eigenvalue weighted by Crippen LogP contribution is -2.38. The van der Waals surface area contributed by atoms with E-state index in [1.165, 1.54) is 18.2 Å². The molecule has 3 heterocycles. The van der Waals surface area contributed by atoms with Gasteiger partial charge in [0.1, 0.15) is 17.5 Å². The summed E-state index contributed by atoms with van der Waals surface area (Å²) in [7, 11) is 0. The van der Waals surface area contributed by atoms with Crippen LogP contribution in [0.15, 0.2) is 97.2 Å². The maximum Gasteiger partial charge on any atom is 0.254 e. The lowest BCUT2D eigenvalue weighted by Gasteiger charge is -2.32. The number of benzene rings is 4. The predicted octanol–water partition coefficient (Wildman–Crippen LogP) is 6.72. The van der Waals surface area contributed by atoms with Gasteiger partial charge in [0.2, 0.25) is 0 Å².